The quantitative estimate of drug-likeness (QED) is 0.632. The van der Waals surface area contributed by atoms with E-state index in [1.807, 2.05) is 12.1 Å². The molecule has 0 unspecified atom stereocenters. The highest BCUT2D eigenvalue weighted by Gasteiger charge is 2.19. The van der Waals surface area contributed by atoms with Crippen molar-refractivity contribution in [2.24, 2.45) is 5.73 Å². The lowest BCUT2D eigenvalue weighted by Gasteiger charge is -2.10. The topological polar surface area (TPSA) is 73.3 Å². The molecule has 4 nitrogen and oxygen atoms in total. The number of hydrogen-bond acceptors (Lipinski definition) is 3. The molecule has 3 rings (SSSR count). The molecule has 0 radical (unpaired) electrons. The number of nitrogens with two attached hydrogens (primary N) is 1. The molecule has 0 spiro atoms. The predicted octanol–water partition coefficient (Wildman–Crippen LogP) is 4.08. The lowest BCUT2D eigenvalue weighted by molar-refractivity contribution is 0.100. The van der Waals surface area contributed by atoms with E-state index in [2.05, 4.69) is 31.9 Å². The number of amides is 1. The SMILES string of the molecule is NC(=O)c1cc(Br)cc(Br)c1-c1cc2ccccc2oc1=O. The minimum Gasteiger partial charge on any atom is -0.422 e. The van der Waals surface area contributed by atoms with Crippen LogP contribution < -0.4 is 11.4 Å². The first-order valence-corrected chi connectivity index (χ1v) is 7.88. The molecular formula is C16H9Br2NO3. The van der Waals surface area contributed by atoms with Gasteiger partial charge >= 0.3 is 5.63 Å². The number of carbonyl (C=O) groups is 1. The van der Waals surface area contributed by atoms with Crippen molar-refractivity contribution in [3.05, 3.63) is 67.4 Å². The number of rotatable bonds is 2. The average molecular weight is 423 g/mol. The minimum atomic E-state index is -0.621. The number of hydrogen-bond donors (Lipinski definition) is 1. The molecule has 0 aliphatic rings. The second-order valence-corrected chi connectivity index (χ2v) is 6.43. The minimum absolute atomic E-state index is 0.240. The fourth-order valence-electron chi connectivity index (χ4n) is 2.28. The van der Waals surface area contributed by atoms with Crippen LogP contribution in [0.5, 0.6) is 0 Å². The molecule has 0 aliphatic carbocycles. The number of halogens is 2. The molecular weight excluding hydrogens is 414 g/mol. The summed E-state index contributed by atoms with van der Waals surface area (Å²) in [6, 6.07) is 12.2. The number of carbonyl (C=O) groups excluding carboxylic acids is 1. The molecule has 0 saturated carbocycles. The van der Waals surface area contributed by atoms with Crippen molar-refractivity contribution < 1.29 is 9.21 Å². The second-order valence-electron chi connectivity index (χ2n) is 4.66. The molecule has 0 fully saturated rings. The summed E-state index contributed by atoms with van der Waals surface area (Å²) in [5.74, 6) is -0.621. The highest BCUT2D eigenvalue weighted by molar-refractivity contribution is 9.11. The average Bonchev–Trinajstić information content (AvgIpc) is 2.46. The number of primary amides is 1. The van der Waals surface area contributed by atoms with Gasteiger partial charge in [0.2, 0.25) is 5.91 Å². The van der Waals surface area contributed by atoms with Gasteiger partial charge in [-0.25, -0.2) is 4.79 Å². The first-order chi connectivity index (χ1) is 10.5. The van der Waals surface area contributed by atoms with Crippen molar-refractivity contribution >= 4 is 48.7 Å². The highest BCUT2D eigenvalue weighted by Crippen LogP contribution is 2.34. The van der Waals surface area contributed by atoms with Gasteiger partial charge in [0.15, 0.2) is 0 Å². The molecule has 22 heavy (non-hydrogen) atoms. The van der Waals surface area contributed by atoms with Crippen LogP contribution in [0.15, 0.2) is 60.6 Å². The van der Waals surface area contributed by atoms with Gasteiger partial charge < -0.3 is 10.2 Å². The molecule has 1 heterocycles. The van der Waals surface area contributed by atoms with Gasteiger partial charge in [-0.1, -0.05) is 50.1 Å². The third-order valence-corrected chi connectivity index (χ3v) is 4.31. The van der Waals surface area contributed by atoms with Gasteiger partial charge in [0.05, 0.1) is 5.56 Å². The summed E-state index contributed by atoms with van der Waals surface area (Å²) in [6.45, 7) is 0. The van der Waals surface area contributed by atoms with E-state index in [0.29, 0.717) is 20.1 Å². The molecule has 0 saturated heterocycles. The van der Waals surface area contributed by atoms with Gasteiger partial charge in [-0.2, -0.15) is 0 Å². The number of benzene rings is 2. The summed E-state index contributed by atoms with van der Waals surface area (Å²) in [4.78, 5) is 24.0. The van der Waals surface area contributed by atoms with Crippen LogP contribution in [0.3, 0.4) is 0 Å². The van der Waals surface area contributed by atoms with Crippen molar-refractivity contribution in [1.82, 2.24) is 0 Å². The highest BCUT2D eigenvalue weighted by atomic mass is 79.9. The molecule has 3 aromatic rings. The first kappa shape index (κ1) is 15.0. The molecule has 2 aromatic carbocycles. The van der Waals surface area contributed by atoms with Crippen LogP contribution in [0.4, 0.5) is 0 Å². The van der Waals surface area contributed by atoms with Gasteiger partial charge in [-0.05, 0) is 24.3 Å². The van der Waals surface area contributed by atoms with Gasteiger partial charge in [0.25, 0.3) is 0 Å². The summed E-state index contributed by atoms with van der Waals surface area (Å²) in [7, 11) is 0. The van der Waals surface area contributed by atoms with Gasteiger partial charge in [-0.3, -0.25) is 4.79 Å². The lowest BCUT2D eigenvalue weighted by atomic mass is 10.00. The Kier molecular flexibility index (Phi) is 3.88. The van der Waals surface area contributed by atoms with Crippen molar-refractivity contribution in [3.8, 4) is 11.1 Å². The molecule has 0 aliphatic heterocycles. The summed E-state index contributed by atoms with van der Waals surface area (Å²) in [5.41, 5.74) is 6.36. The summed E-state index contributed by atoms with van der Waals surface area (Å²) < 4.78 is 6.59. The van der Waals surface area contributed by atoms with Crippen molar-refractivity contribution in [2.75, 3.05) is 0 Å². The molecule has 0 bridgehead atoms. The molecule has 6 heteroatoms. The summed E-state index contributed by atoms with van der Waals surface area (Å²) in [6.07, 6.45) is 0. The predicted molar refractivity (Wildman–Crippen MR) is 91.8 cm³/mol. The van der Waals surface area contributed by atoms with Crippen molar-refractivity contribution in [1.29, 1.82) is 0 Å². The summed E-state index contributed by atoms with van der Waals surface area (Å²) in [5, 5.41) is 0.766. The Hall–Kier alpha value is -1.92. The zero-order valence-electron chi connectivity index (χ0n) is 11.1. The standard InChI is InChI=1S/C16H9Br2NO3/c17-9-6-10(15(19)20)14(12(18)7-9)11-5-8-3-1-2-4-13(8)22-16(11)21/h1-7H,(H2,19,20). The van der Waals surface area contributed by atoms with Crippen LogP contribution >= 0.6 is 31.9 Å². The van der Waals surface area contributed by atoms with Gasteiger partial charge in [0.1, 0.15) is 5.58 Å². The fraction of sp³-hybridized carbons (Fsp3) is 0. The molecule has 1 amide bonds. The van der Waals surface area contributed by atoms with E-state index in [1.165, 1.54) is 0 Å². The van der Waals surface area contributed by atoms with Crippen molar-refractivity contribution in [3.63, 3.8) is 0 Å². The molecule has 1 aromatic heterocycles. The Morgan fingerprint density at radius 3 is 2.55 bits per heavy atom. The number of para-hydroxylation sites is 1. The van der Waals surface area contributed by atoms with Crippen LogP contribution in [-0.4, -0.2) is 5.91 Å². The van der Waals surface area contributed by atoms with Gasteiger partial charge in [0, 0.05) is 25.5 Å². The smallest absolute Gasteiger partial charge is 0.344 e. The largest absolute Gasteiger partial charge is 0.422 e. The Morgan fingerprint density at radius 2 is 1.82 bits per heavy atom. The molecule has 0 atom stereocenters. The third kappa shape index (κ3) is 2.60. The number of fused-ring (bicyclic) bond motifs is 1. The van der Waals surface area contributed by atoms with Crippen molar-refractivity contribution in [2.45, 2.75) is 0 Å². The molecule has 110 valence electrons. The maximum absolute atomic E-state index is 12.3. The van der Waals surface area contributed by atoms with E-state index in [9.17, 15) is 9.59 Å². The Morgan fingerprint density at radius 1 is 1.09 bits per heavy atom. The van der Waals surface area contributed by atoms with Crippen LogP contribution in [0.2, 0.25) is 0 Å². The maximum Gasteiger partial charge on any atom is 0.344 e. The third-order valence-electron chi connectivity index (χ3n) is 3.23. The van der Waals surface area contributed by atoms with E-state index < -0.39 is 11.5 Å². The van der Waals surface area contributed by atoms with Crippen LogP contribution in [0.1, 0.15) is 10.4 Å². The Balaban J connectivity index is 2.39. The zero-order valence-corrected chi connectivity index (χ0v) is 14.3. The Bertz CT molecular complexity index is 963. The van der Waals surface area contributed by atoms with E-state index in [-0.39, 0.29) is 11.1 Å². The fourth-order valence-corrected chi connectivity index (χ4v) is 3.72. The second kappa shape index (κ2) is 5.70. The lowest BCUT2D eigenvalue weighted by Crippen LogP contribution is -2.15. The van der Waals surface area contributed by atoms with E-state index in [0.717, 1.165) is 5.39 Å². The van der Waals surface area contributed by atoms with Crippen LogP contribution in [0, 0.1) is 0 Å². The van der Waals surface area contributed by atoms with E-state index in [4.69, 9.17) is 10.2 Å². The first-order valence-electron chi connectivity index (χ1n) is 6.29. The Labute approximate surface area is 142 Å². The van der Waals surface area contributed by atoms with Gasteiger partial charge in [-0.15, -0.1) is 0 Å². The van der Waals surface area contributed by atoms with E-state index in [1.54, 1.807) is 30.3 Å². The zero-order chi connectivity index (χ0) is 15.9. The molecule has 2 N–H and O–H groups in total. The monoisotopic (exact) mass is 421 g/mol. The maximum atomic E-state index is 12.3. The van der Waals surface area contributed by atoms with Crippen LogP contribution in [-0.2, 0) is 0 Å². The van der Waals surface area contributed by atoms with Crippen LogP contribution in [0.25, 0.3) is 22.1 Å². The van der Waals surface area contributed by atoms with E-state index >= 15 is 0 Å². The normalized spacial score (nSPS) is 10.8. The summed E-state index contributed by atoms with van der Waals surface area (Å²) >= 11 is 6.69.